The smallest absolute Gasteiger partial charge is 0.310 e. The topological polar surface area (TPSA) is 29.5 Å². The van der Waals surface area contributed by atoms with Crippen molar-refractivity contribution in [2.24, 2.45) is 5.92 Å². The summed E-state index contributed by atoms with van der Waals surface area (Å²) < 4.78 is 6.34. The van der Waals surface area contributed by atoms with E-state index in [-0.39, 0.29) is 23.8 Å². The molecule has 22 heavy (non-hydrogen) atoms. The number of carbonyl (C=O) groups excluding carboxylic acids is 1. The van der Waals surface area contributed by atoms with E-state index >= 15 is 0 Å². The van der Waals surface area contributed by atoms with Crippen molar-refractivity contribution in [3.8, 4) is 12.3 Å². The number of nitrogens with zero attached hydrogens (tertiary/aromatic N) is 1. The normalized spacial score (nSPS) is 30.8. The summed E-state index contributed by atoms with van der Waals surface area (Å²) in [5.41, 5.74) is 1.24. The molecule has 2 fully saturated rings. The van der Waals surface area contributed by atoms with Crippen LogP contribution in [0.15, 0.2) is 24.3 Å². The number of rotatable bonds is 3. The fourth-order valence-electron chi connectivity index (χ4n) is 4.18. The number of benzene rings is 1. The Labute approximate surface area is 145 Å². The standard InChI is InChI=1S/C18H20INO2/c1-3-10-20-14-8-9-16(20)17(18(21)22-2)15(11-14)12-4-6-13(19)7-5-12/h1,4-7,14-17H,8-11H2,2H3/t14-,15?,16?,17+/m1/s1. The number of piperidine rings is 1. The van der Waals surface area contributed by atoms with Gasteiger partial charge in [-0.15, -0.1) is 6.42 Å². The number of hydrogen-bond donors (Lipinski definition) is 0. The first kappa shape index (κ1) is 15.8. The molecule has 0 N–H and O–H groups in total. The minimum absolute atomic E-state index is 0.101. The van der Waals surface area contributed by atoms with Gasteiger partial charge >= 0.3 is 5.97 Å². The molecule has 4 heteroatoms. The lowest BCUT2D eigenvalue weighted by atomic mass is 9.76. The van der Waals surface area contributed by atoms with Gasteiger partial charge in [-0.25, -0.2) is 0 Å². The third-order valence-corrected chi connectivity index (χ3v) is 5.83. The average molecular weight is 409 g/mol. The van der Waals surface area contributed by atoms with E-state index in [0.29, 0.717) is 12.6 Å². The van der Waals surface area contributed by atoms with Crippen molar-refractivity contribution in [3.63, 3.8) is 0 Å². The molecule has 1 aromatic carbocycles. The highest BCUT2D eigenvalue weighted by molar-refractivity contribution is 14.1. The zero-order chi connectivity index (χ0) is 15.7. The van der Waals surface area contributed by atoms with E-state index in [0.717, 1.165) is 19.3 Å². The zero-order valence-corrected chi connectivity index (χ0v) is 14.8. The third-order valence-electron chi connectivity index (χ3n) is 5.11. The maximum atomic E-state index is 12.5. The summed E-state index contributed by atoms with van der Waals surface area (Å²) in [4.78, 5) is 14.8. The van der Waals surface area contributed by atoms with E-state index < -0.39 is 0 Å². The van der Waals surface area contributed by atoms with Crippen LogP contribution in [0.2, 0.25) is 0 Å². The molecular weight excluding hydrogens is 389 g/mol. The van der Waals surface area contributed by atoms with Crippen LogP contribution in [0, 0.1) is 21.8 Å². The predicted octanol–water partition coefficient (Wildman–Crippen LogP) is 3.03. The molecule has 2 heterocycles. The minimum Gasteiger partial charge on any atom is -0.469 e. The molecule has 3 rings (SSSR count). The van der Waals surface area contributed by atoms with Gasteiger partial charge in [0.15, 0.2) is 0 Å². The van der Waals surface area contributed by atoms with Crippen molar-refractivity contribution >= 4 is 28.6 Å². The number of fused-ring (bicyclic) bond motifs is 2. The van der Waals surface area contributed by atoms with Crippen molar-refractivity contribution in [1.29, 1.82) is 0 Å². The van der Waals surface area contributed by atoms with E-state index in [2.05, 4.69) is 57.7 Å². The molecule has 2 saturated heterocycles. The van der Waals surface area contributed by atoms with Gasteiger partial charge in [-0.3, -0.25) is 9.69 Å². The Kier molecular flexibility index (Phi) is 4.74. The molecule has 116 valence electrons. The molecular formula is C18H20INO2. The number of halogens is 1. The molecule has 0 spiro atoms. The summed E-state index contributed by atoms with van der Waals surface area (Å²) >= 11 is 2.31. The summed E-state index contributed by atoms with van der Waals surface area (Å²) in [6, 6.07) is 9.23. The van der Waals surface area contributed by atoms with Crippen LogP contribution in [-0.2, 0) is 9.53 Å². The lowest BCUT2D eigenvalue weighted by Gasteiger charge is -2.42. The average Bonchev–Trinajstić information content (AvgIpc) is 2.80. The Hall–Kier alpha value is -1.06. The zero-order valence-electron chi connectivity index (χ0n) is 12.7. The first-order valence-corrected chi connectivity index (χ1v) is 8.76. The van der Waals surface area contributed by atoms with Gasteiger partial charge in [-0.2, -0.15) is 0 Å². The molecule has 0 aromatic heterocycles. The number of carbonyl (C=O) groups is 1. The maximum Gasteiger partial charge on any atom is 0.310 e. The number of ether oxygens (including phenoxy) is 1. The van der Waals surface area contributed by atoms with Gasteiger partial charge in [-0.05, 0) is 59.5 Å². The summed E-state index contributed by atoms with van der Waals surface area (Å²) in [6.45, 7) is 0.627. The van der Waals surface area contributed by atoms with Gasteiger partial charge in [-0.1, -0.05) is 18.1 Å². The second-order valence-corrected chi connectivity index (χ2v) is 7.36. The monoisotopic (exact) mass is 409 g/mol. The van der Waals surface area contributed by atoms with Gasteiger partial charge in [0.25, 0.3) is 0 Å². The van der Waals surface area contributed by atoms with Crippen LogP contribution >= 0.6 is 22.6 Å². The molecule has 3 nitrogen and oxygen atoms in total. The SMILES string of the molecule is C#CCN1C2CC[C@@H]1CC(c1ccc(I)cc1)[C@@H]2C(=O)OC. The minimum atomic E-state index is -0.114. The Morgan fingerprint density at radius 2 is 2.14 bits per heavy atom. The summed E-state index contributed by atoms with van der Waals surface area (Å²) in [5.74, 6) is 2.77. The first-order valence-electron chi connectivity index (χ1n) is 7.68. The first-order chi connectivity index (χ1) is 10.7. The molecule has 4 atom stereocenters. The second-order valence-electron chi connectivity index (χ2n) is 6.12. The molecule has 0 radical (unpaired) electrons. The molecule has 0 saturated carbocycles. The lowest BCUT2D eigenvalue weighted by Crippen LogP contribution is -2.51. The number of hydrogen-bond acceptors (Lipinski definition) is 3. The summed E-state index contributed by atoms with van der Waals surface area (Å²) in [7, 11) is 1.49. The van der Waals surface area contributed by atoms with Gasteiger partial charge in [0.2, 0.25) is 0 Å². The Morgan fingerprint density at radius 1 is 1.41 bits per heavy atom. The van der Waals surface area contributed by atoms with E-state index in [9.17, 15) is 4.79 Å². The predicted molar refractivity (Wildman–Crippen MR) is 94.4 cm³/mol. The molecule has 0 amide bonds. The van der Waals surface area contributed by atoms with Crippen LogP contribution in [0.4, 0.5) is 0 Å². The van der Waals surface area contributed by atoms with E-state index in [1.54, 1.807) is 0 Å². The highest BCUT2D eigenvalue weighted by Crippen LogP contribution is 2.47. The fraction of sp³-hybridized carbons (Fsp3) is 0.500. The third kappa shape index (κ3) is 2.77. The quantitative estimate of drug-likeness (QED) is 0.437. The molecule has 2 bridgehead atoms. The van der Waals surface area contributed by atoms with Crippen molar-refractivity contribution in [3.05, 3.63) is 33.4 Å². The molecule has 2 unspecified atom stereocenters. The Balaban J connectivity index is 1.94. The van der Waals surface area contributed by atoms with Crippen LogP contribution in [0.25, 0.3) is 0 Å². The lowest BCUT2D eigenvalue weighted by molar-refractivity contribution is -0.150. The maximum absolute atomic E-state index is 12.5. The van der Waals surface area contributed by atoms with Gasteiger partial charge in [0.1, 0.15) is 0 Å². The summed E-state index contributed by atoms with van der Waals surface area (Å²) in [5, 5.41) is 0. The van der Waals surface area contributed by atoms with Crippen molar-refractivity contribution < 1.29 is 9.53 Å². The number of terminal acetylenes is 1. The fourth-order valence-corrected chi connectivity index (χ4v) is 4.53. The van der Waals surface area contributed by atoms with E-state index in [4.69, 9.17) is 11.2 Å². The van der Waals surface area contributed by atoms with Crippen molar-refractivity contribution in [2.45, 2.75) is 37.3 Å². The molecule has 2 aliphatic heterocycles. The number of esters is 1. The van der Waals surface area contributed by atoms with Crippen molar-refractivity contribution in [1.82, 2.24) is 4.90 Å². The van der Waals surface area contributed by atoms with Gasteiger partial charge in [0.05, 0.1) is 19.6 Å². The van der Waals surface area contributed by atoms with E-state index in [1.807, 2.05) is 0 Å². The van der Waals surface area contributed by atoms with E-state index in [1.165, 1.54) is 16.2 Å². The molecule has 1 aromatic rings. The Morgan fingerprint density at radius 3 is 2.77 bits per heavy atom. The molecule has 0 aliphatic carbocycles. The molecule has 2 aliphatic rings. The largest absolute Gasteiger partial charge is 0.469 e. The van der Waals surface area contributed by atoms with Crippen LogP contribution < -0.4 is 0 Å². The van der Waals surface area contributed by atoms with Crippen LogP contribution in [-0.4, -0.2) is 36.6 Å². The highest BCUT2D eigenvalue weighted by atomic mass is 127. The van der Waals surface area contributed by atoms with Crippen molar-refractivity contribution in [2.75, 3.05) is 13.7 Å². The van der Waals surface area contributed by atoms with Crippen LogP contribution in [0.5, 0.6) is 0 Å². The van der Waals surface area contributed by atoms with Gasteiger partial charge in [0, 0.05) is 21.6 Å². The number of methoxy groups -OCH3 is 1. The Bertz CT molecular complexity index is 592. The van der Waals surface area contributed by atoms with Gasteiger partial charge < -0.3 is 4.74 Å². The highest BCUT2D eigenvalue weighted by Gasteiger charge is 2.50. The van der Waals surface area contributed by atoms with Crippen LogP contribution in [0.1, 0.15) is 30.7 Å². The summed E-state index contributed by atoms with van der Waals surface area (Å²) in [6.07, 6.45) is 8.66. The van der Waals surface area contributed by atoms with Crippen LogP contribution in [0.3, 0.4) is 0 Å². The second kappa shape index (κ2) is 6.59.